The van der Waals surface area contributed by atoms with E-state index in [4.69, 9.17) is 13.9 Å². The minimum atomic E-state index is -2.04. The minimum absolute atomic E-state index is 0.0270. The van der Waals surface area contributed by atoms with E-state index < -0.39 is 26.1 Å². The average Bonchev–Trinajstić information content (AvgIpc) is 2.48. The monoisotopic (exact) mass is 416 g/mol. The number of nitrogens with one attached hydrogen (secondary N) is 1. The van der Waals surface area contributed by atoms with Crippen LogP contribution in [-0.4, -0.2) is 63.9 Å². The normalized spacial score (nSPS) is 13.6. The maximum Gasteiger partial charge on any atom is 0.411 e. The molecule has 28 heavy (non-hydrogen) atoms. The largest absolute Gasteiger partial charge is 0.444 e. The molecular weight excluding hydrogens is 376 g/mol. The third kappa shape index (κ3) is 9.21. The molecular formula is C20H40N2O5Si. The third-order valence-electron chi connectivity index (χ3n) is 4.71. The lowest BCUT2D eigenvalue weighted by Gasteiger charge is -2.39. The molecule has 164 valence electrons. The van der Waals surface area contributed by atoms with E-state index in [1.54, 1.807) is 20.8 Å². The van der Waals surface area contributed by atoms with Crippen molar-refractivity contribution in [2.24, 2.45) is 0 Å². The summed E-state index contributed by atoms with van der Waals surface area (Å²) in [6.45, 7) is 22.1. The van der Waals surface area contributed by atoms with E-state index in [0.717, 1.165) is 5.57 Å². The van der Waals surface area contributed by atoms with Gasteiger partial charge in [0.25, 0.3) is 0 Å². The minimum Gasteiger partial charge on any atom is -0.444 e. The summed E-state index contributed by atoms with van der Waals surface area (Å²) in [7, 11) is -0.561. The molecule has 0 spiro atoms. The van der Waals surface area contributed by atoms with Crippen molar-refractivity contribution in [1.29, 1.82) is 0 Å². The van der Waals surface area contributed by atoms with Gasteiger partial charge in [0.1, 0.15) is 18.9 Å². The van der Waals surface area contributed by atoms with Crippen LogP contribution in [0.25, 0.3) is 0 Å². The number of carbonyl (C=O) groups excluding carboxylic acids is 2. The molecule has 2 amide bonds. The van der Waals surface area contributed by atoms with Crippen LogP contribution < -0.4 is 5.32 Å². The van der Waals surface area contributed by atoms with E-state index in [2.05, 4.69) is 45.8 Å². The predicted molar refractivity (Wildman–Crippen MR) is 115 cm³/mol. The zero-order valence-electron chi connectivity index (χ0n) is 19.4. The molecule has 0 aliphatic carbocycles. The maximum absolute atomic E-state index is 12.8. The van der Waals surface area contributed by atoms with Crippen LogP contribution in [0.5, 0.6) is 0 Å². The fourth-order valence-electron chi connectivity index (χ4n) is 1.99. The average molecular weight is 417 g/mol. The standard InChI is InChI=1S/C20H40N2O5Si/c1-15(2)16(13-26-28(10,11)20(6,7)8)22(12-17(23)21-14-25-9)18(24)27-19(3,4)5/h16H,1,12-14H2,2-11H3,(H,21,23)/t16-/m1/s1. The second kappa shape index (κ2) is 10.4. The van der Waals surface area contributed by atoms with Gasteiger partial charge in [0, 0.05) is 7.11 Å². The van der Waals surface area contributed by atoms with Gasteiger partial charge in [-0.3, -0.25) is 9.69 Å². The maximum atomic E-state index is 12.8. The molecule has 0 aromatic carbocycles. The molecule has 7 nitrogen and oxygen atoms in total. The van der Waals surface area contributed by atoms with Gasteiger partial charge in [-0.1, -0.05) is 32.9 Å². The molecule has 0 saturated carbocycles. The summed E-state index contributed by atoms with van der Waals surface area (Å²) in [4.78, 5) is 26.5. The van der Waals surface area contributed by atoms with Gasteiger partial charge in [0.05, 0.1) is 12.6 Å². The van der Waals surface area contributed by atoms with Crippen LogP contribution in [0.1, 0.15) is 48.5 Å². The summed E-state index contributed by atoms with van der Waals surface area (Å²) in [5, 5.41) is 2.63. The summed E-state index contributed by atoms with van der Waals surface area (Å²) in [6, 6.07) is -0.475. The fraction of sp³-hybridized carbons (Fsp3) is 0.800. The first-order valence-electron chi connectivity index (χ1n) is 9.56. The van der Waals surface area contributed by atoms with Crippen molar-refractivity contribution >= 4 is 20.3 Å². The second-order valence-electron chi connectivity index (χ2n) is 9.57. The molecule has 0 aromatic rings. The Labute approximate surface area is 171 Å². The van der Waals surface area contributed by atoms with Crippen molar-refractivity contribution in [2.75, 3.05) is 27.0 Å². The lowest BCUT2D eigenvalue weighted by molar-refractivity contribution is -0.124. The van der Waals surface area contributed by atoms with Gasteiger partial charge in [0.15, 0.2) is 8.32 Å². The number of hydrogen-bond acceptors (Lipinski definition) is 5. The molecule has 0 saturated heterocycles. The Morgan fingerprint density at radius 1 is 1.14 bits per heavy atom. The number of ether oxygens (including phenoxy) is 2. The molecule has 0 aromatic heterocycles. The van der Waals surface area contributed by atoms with Gasteiger partial charge >= 0.3 is 6.09 Å². The van der Waals surface area contributed by atoms with Crippen molar-refractivity contribution < 1.29 is 23.5 Å². The van der Waals surface area contributed by atoms with Gasteiger partial charge in [-0.2, -0.15) is 0 Å². The number of methoxy groups -OCH3 is 1. The smallest absolute Gasteiger partial charge is 0.411 e. The fourth-order valence-corrected chi connectivity index (χ4v) is 3.00. The van der Waals surface area contributed by atoms with Gasteiger partial charge < -0.3 is 19.2 Å². The molecule has 0 heterocycles. The molecule has 0 unspecified atom stereocenters. The van der Waals surface area contributed by atoms with Crippen LogP contribution in [0.15, 0.2) is 12.2 Å². The lowest BCUT2D eigenvalue weighted by Crippen LogP contribution is -2.52. The first-order valence-corrected chi connectivity index (χ1v) is 12.5. The molecule has 1 N–H and O–H groups in total. The summed E-state index contributed by atoms with van der Waals surface area (Å²) in [5.74, 6) is -0.341. The van der Waals surface area contributed by atoms with Crippen LogP contribution in [0, 0.1) is 0 Å². The first-order chi connectivity index (χ1) is 12.5. The van der Waals surface area contributed by atoms with Crippen molar-refractivity contribution in [3.63, 3.8) is 0 Å². The number of hydrogen-bond donors (Lipinski definition) is 1. The van der Waals surface area contributed by atoms with E-state index in [1.165, 1.54) is 12.0 Å². The molecule has 0 rings (SSSR count). The van der Waals surface area contributed by atoms with E-state index >= 15 is 0 Å². The molecule has 0 bridgehead atoms. The number of carbonyl (C=O) groups is 2. The van der Waals surface area contributed by atoms with Crippen molar-refractivity contribution in [2.45, 2.75) is 78.2 Å². The van der Waals surface area contributed by atoms with E-state index in [1.807, 2.05) is 6.92 Å². The van der Waals surface area contributed by atoms with Gasteiger partial charge in [-0.05, 0) is 45.8 Å². The summed E-state index contributed by atoms with van der Waals surface area (Å²) in [6.07, 6.45) is -0.577. The Kier molecular flexibility index (Phi) is 9.90. The first kappa shape index (κ1) is 26.6. The van der Waals surface area contributed by atoms with Crippen molar-refractivity contribution in [3.05, 3.63) is 12.2 Å². The van der Waals surface area contributed by atoms with Gasteiger partial charge in [-0.25, -0.2) is 4.79 Å². The molecule has 0 radical (unpaired) electrons. The van der Waals surface area contributed by atoms with Gasteiger partial charge in [-0.15, -0.1) is 0 Å². The zero-order valence-corrected chi connectivity index (χ0v) is 20.4. The van der Waals surface area contributed by atoms with Crippen LogP contribution in [0.2, 0.25) is 18.1 Å². The summed E-state index contributed by atoms with van der Waals surface area (Å²) in [5.41, 5.74) is 0.0437. The molecule has 0 aliphatic heterocycles. The highest BCUT2D eigenvalue weighted by Gasteiger charge is 2.39. The predicted octanol–water partition coefficient (Wildman–Crippen LogP) is 3.91. The molecule has 1 atom stereocenters. The van der Waals surface area contributed by atoms with Crippen LogP contribution in [-0.2, 0) is 18.7 Å². The van der Waals surface area contributed by atoms with Crippen LogP contribution >= 0.6 is 0 Å². The van der Waals surface area contributed by atoms with Gasteiger partial charge in [0.2, 0.25) is 5.91 Å². The van der Waals surface area contributed by atoms with Crippen LogP contribution in [0.3, 0.4) is 0 Å². The Morgan fingerprint density at radius 3 is 2.07 bits per heavy atom. The Hall–Kier alpha value is -1.38. The van der Waals surface area contributed by atoms with Crippen molar-refractivity contribution in [1.82, 2.24) is 10.2 Å². The Bertz CT molecular complexity index is 550. The summed E-state index contributed by atoms with van der Waals surface area (Å²) < 4.78 is 16.7. The van der Waals surface area contributed by atoms with Crippen LogP contribution in [0.4, 0.5) is 4.79 Å². The van der Waals surface area contributed by atoms with E-state index in [9.17, 15) is 9.59 Å². The Morgan fingerprint density at radius 2 is 1.68 bits per heavy atom. The topological polar surface area (TPSA) is 77.1 Å². The van der Waals surface area contributed by atoms with E-state index in [-0.39, 0.29) is 30.8 Å². The lowest BCUT2D eigenvalue weighted by atomic mass is 10.1. The van der Waals surface area contributed by atoms with E-state index in [0.29, 0.717) is 0 Å². The third-order valence-corrected chi connectivity index (χ3v) is 9.21. The highest BCUT2D eigenvalue weighted by molar-refractivity contribution is 6.74. The number of rotatable bonds is 9. The SMILES string of the molecule is C=C(C)[C@@H](CO[Si](C)(C)C(C)(C)C)N(CC(=O)NCOC)C(=O)OC(C)(C)C. The highest BCUT2D eigenvalue weighted by Crippen LogP contribution is 2.37. The zero-order chi connectivity index (χ0) is 22.3. The van der Waals surface area contributed by atoms with Crippen molar-refractivity contribution in [3.8, 4) is 0 Å². The molecule has 0 aliphatic rings. The summed E-state index contributed by atoms with van der Waals surface area (Å²) >= 11 is 0. The molecule has 0 fully saturated rings. The quantitative estimate of drug-likeness (QED) is 0.350. The molecule has 8 heteroatoms. The highest BCUT2D eigenvalue weighted by atomic mass is 28.4. The number of amides is 2. The second-order valence-corrected chi connectivity index (χ2v) is 14.4. The Balaban J connectivity index is 5.58. The number of nitrogens with zero attached hydrogens (tertiary/aromatic N) is 1.